The number of halogens is 3. The normalized spacial score (nSPS) is 11.3. The molecule has 162 valence electrons. The predicted molar refractivity (Wildman–Crippen MR) is 111 cm³/mol. The van der Waals surface area contributed by atoms with Crippen LogP contribution in [0.25, 0.3) is 5.69 Å². The van der Waals surface area contributed by atoms with Crippen molar-refractivity contribution < 1.29 is 22.7 Å². The van der Waals surface area contributed by atoms with E-state index >= 15 is 0 Å². The number of benzene rings is 2. The second-order valence-corrected chi connectivity index (χ2v) is 6.93. The van der Waals surface area contributed by atoms with Gasteiger partial charge in [0, 0.05) is 17.9 Å². The summed E-state index contributed by atoms with van der Waals surface area (Å²) in [6.45, 7) is 1.88. The molecule has 8 heteroatoms. The van der Waals surface area contributed by atoms with Crippen molar-refractivity contribution in [3.63, 3.8) is 0 Å². The lowest BCUT2D eigenvalue weighted by atomic mass is 10.1. The van der Waals surface area contributed by atoms with Gasteiger partial charge >= 0.3 is 6.18 Å². The monoisotopic (exact) mass is 430 g/mol. The fourth-order valence-corrected chi connectivity index (χ4v) is 3.15. The topological polar surface area (TPSA) is 60.3 Å². The zero-order valence-corrected chi connectivity index (χ0v) is 17.0. The summed E-state index contributed by atoms with van der Waals surface area (Å²) in [4.78, 5) is 25.5. The van der Waals surface area contributed by atoms with Crippen molar-refractivity contribution in [2.45, 2.75) is 19.5 Å². The lowest BCUT2D eigenvalue weighted by Gasteiger charge is -2.14. The molecule has 0 spiro atoms. The summed E-state index contributed by atoms with van der Waals surface area (Å²) in [5, 5.41) is 2.69. The summed E-state index contributed by atoms with van der Waals surface area (Å²) in [6.07, 6.45) is -3.99. The third kappa shape index (κ3) is 5.14. The first kappa shape index (κ1) is 22.1. The minimum atomic E-state index is -4.54. The highest BCUT2D eigenvalue weighted by Gasteiger charge is 2.30. The molecule has 0 unspecified atom stereocenters. The number of aryl methyl sites for hydroxylation is 1. The molecule has 2 aromatic carbocycles. The number of nitrogens with zero attached hydrogens (tertiary/aromatic N) is 1. The zero-order chi connectivity index (χ0) is 22.6. The quantitative estimate of drug-likeness (QED) is 0.639. The molecule has 0 aliphatic heterocycles. The van der Waals surface area contributed by atoms with Gasteiger partial charge < -0.3 is 10.1 Å². The molecule has 1 aromatic heterocycles. The molecule has 3 aromatic rings. The molecule has 0 aliphatic rings. The number of pyridine rings is 1. The maximum absolute atomic E-state index is 13.1. The number of amides is 1. The molecule has 0 fully saturated rings. The summed E-state index contributed by atoms with van der Waals surface area (Å²) >= 11 is 0. The molecule has 5 nitrogen and oxygen atoms in total. The molecule has 0 aliphatic carbocycles. The van der Waals surface area contributed by atoms with E-state index in [2.05, 4.69) is 5.32 Å². The number of nitrogens with one attached hydrogen (secondary N) is 1. The highest BCUT2D eigenvalue weighted by molar-refractivity contribution is 5.93. The third-order valence-corrected chi connectivity index (χ3v) is 4.81. The van der Waals surface area contributed by atoms with Gasteiger partial charge in [-0.25, -0.2) is 0 Å². The second-order valence-electron chi connectivity index (χ2n) is 6.93. The standard InChI is InChI=1S/C23H21F3N2O3/c1-15-6-11-20(21(29)27-13-12-16-7-9-19(31-2)10-8-16)22(30)28(15)18-5-3-4-17(14-18)23(24,25)26/h3-11,14H,12-13H2,1-2H3,(H,27,29). The van der Waals surface area contributed by atoms with Gasteiger partial charge in [0.05, 0.1) is 12.7 Å². The molecule has 0 radical (unpaired) electrons. The van der Waals surface area contributed by atoms with Crippen molar-refractivity contribution in [2.75, 3.05) is 13.7 Å². The van der Waals surface area contributed by atoms with E-state index in [-0.39, 0.29) is 11.3 Å². The molecular formula is C23H21F3N2O3. The van der Waals surface area contributed by atoms with E-state index in [1.54, 1.807) is 14.0 Å². The Morgan fingerprint density at radius 3 is 2.42 bits per heavy atom. The van der Waals surface area contributed by atoms with E-state index in [9.17, 15) is 22.8 Å². The van der Waals surface area contributed by atoms with Crippen LogP contribution in [0.1, 0.15) is 27.2 Å². The van der Waals surface area contributed by atoms with Crippen LogP contribution in [0.3, 0.4) is 0 Å². The highest BCUT2D eigenvalue weighted by atomic mass is 19.4. The smallest absolute Gasteiger partial charge is 0.416 e. The number of ether oxygens (including phenoxy) is 1. The van der Waals surface area contributed by atoms with Crippen LogP contribution in [0.2, 0.25) is 0 Å². The Labute approximate surface area is 177 Å². The van der Waals surface area contributed by atoms with Crippen LogP contribution in [-0.4, -0.2) is 24.1 Å². The molecule has 1 amide bonds. The maximum Gasteiger partial charge on any atom is 0.416 e. The Hall–Kier alpha value is -3.55. The van der Waals surface area contributed by atoms with Crippen molar-refractivity contribution in [1.29, 1.82) is 0 Å². The number of rotatable bonds is 6. The Balaban J connectivity index is 1.80. The third-order valence-electron chi connectivity index (χ3n) is 4.81. The number of alkyl halides is 3. The van der Waals surface area contributed by atoms with Gasteiger partial charge in [-0.15, -0.1) is 0 Å². The molecule has 0 atom stereocenters. The lowest BCUT2D eigenvalue weighted by molar-refractivity contribution is -0.137. The fraction of sp³-hybridized carbons (Fsp3) is 0.217. The average molecular weight is 430 g/mol. The number of hydrogen-bond donors (Lipinski definition) is 1. The van der Waals surface area contributed by atoms with Crippen molar-refractivity contribution >= 4 is 5.91 Å². The van der Waals surface area contributed by atoms with E-state index in [1.807, 2.05) is 24.3 Å². The summed E-state index contributed by atoms with van der Waals surface area (Å²) in [5.41, 5.74) is -0.250. The van der Waals surface area contributed by atoms with Gasteiger partial charge in [-0.1, -0.05) is 18.2 Å². The SMILES string of the molecule is COc1ccc(CCNC(=O)c2ccc(C)n(-c3cccc(C(F)(F)F)c3)c2=O)cc1. The molecule has 1 heterocycles. The van der Waals surface area contributed by atoms with Gasteiger partial charge in [-0.05, 0) is 61.4 Å². The van der Waals surface area contributed by atoms with Crippen molar-refractivity contribution in [1.82, 2.24) is 9.88 Å². The fourth-order valence-electron chi connectivity index (χ4n) is 3.15. The van der Waals surface area contributed by atoms with E-state index in [0.717, 1.165) is 28.0 Å². The van der Waals surface area contributed by atoms with Gasteiger partial charge in [0.2, 0.25) is 0 Å². The van der Waals surface area contributed by atoms with Crippen LogP contribution in [0.15, 0.2) is 65.5 Å². The van der Waals surface area contributed by atoms with Gasteiger partial charge in [0.25, 0.3) is 11.5 Å². The average Bonchev–Trinajstić information content (AvgIpc) is 2.74. The molecule has 0 saturated carbocycles. The van der Waals surface area contributed by atoms with Crippen LogP contribution in [-0.2, 0) is 12.6 Å². The molecular weight excluding hydrogens is 409 g/mol. The molecule has 3 rings (SSSR count). The summed E-state index contributed by atoms with van der Waals surface area (Å²) in [5.74, 6) is 0.141. The number of methoxy groups -OCH3 is 1. The Kier molecular flexibility index (Phi) is 6.48. The van der Waals surface area contributed by atoms with Crippen LogP contribution in [0.4, 0.5) is 13.2 Å². The van der Waals surface area contributed by atoms with Gasteiger partial charge in [0.1, 0.15) is 11.3 Å². The van der Waals surface area contributed by atoms with Crippen molar-refractivity contribution in [3.8, 4) is 11.4 Å². The number of hydrogen-bond acceptors (Lipinski definition) is 3. The summed E-state index contributed by atoms with van der Waals surface area (Å²) < 4.78 is 45.4. The van der Waals surface area contributed by atoms with Crippen LogP contribution in [0.5, 0.6) is 5.75 Å². The van der Waals surface area contributed by atoms with Crippen molar-refractivity contribution in [2.24, 2.45) is 0 Å². The highest BCUT2D eigenvalue weighted by Crippen LogP contribution is 2.30. The number of carbonyl (C=O) groups excluding carboxylic acids is 1. The predicted octanol–water partition coefficient (Wildman–Crippen LogP) is 4.15. The first-order chi connectivity index (χ1) is 14.7. The van der Waals surface area contributed by atoms with E-state index in [0.29, 0.717) is 18.7 Å². The largest absolute Gasteiger partial charge is 0.497 e. The van der Waals surface area contributed by atoms with Gasteiger partial charge in [-0.2, -0.15) is 13.2 Å². The van der Waals surface area contributed by atoms with E-state index in [1.165, 1.54) is 24.3 Å². The first-order valence-electron chi connectivity index (χ1n) is 9.52. The summed E-state index contributed by atoms with van der Waals surface area (Å²) in [7, 11) is 1.57. The van der Waals surface area contributed by atoms with Crippen LogP contribution < -0.4 is 15.6 Å². The lowest BCUT2D eigenvalue weighted by Crippen LogP contribution is -2.34. The Morgan fingerprint density at radius 1 is 1.06 bits per heavy atom. The van der Waals surface area contributed by atoms with Gasteiger partial charge in [-0.3, -0.25) is 14.2 Å². The minimum Gasteiger partial charge on any atom is -0.497 e. The minimum absolute atomic E-state index is 0.0465. The Morgan fingerprint density at radius 2 is 1.77 bits per heavy atom. The zero-order valence-electron chi connectivity index (χ0n) is 17.0. The Bertz CT molecular complexity index is 1140. The molecule has 0 bridgehead atoms. The number of aromatic nitrogens is 1. The summed E-state index contributed by atoms with van der Waals surface area (Å²) in [6, 6.07) is 14.7. The van der Waals surface area contributed by atoms with Gasteiger partial charge in [0.15, 0.2) is 0 Å². The second kappa shape index (κ2) is 9.07. The molecule has 1 N–H and O–H groups in total. The van der Waals surface area contributed by atoms with Crippen molar-refractivity contribution in [3.05, 3.63) is 93.4 Å². The van der Waals surface area contributed by atoms with Crippen LogP contribution in [0, 0.1) is 6.92 Å². The first-order valence-corrected chi connectivity index (χ1v) is 9.52. The molecule has 31 heavy (non-hydrogen) atoms. The van der Waals surface area contributed by atoms with Crippen LogP contribution >= 0.6 is 0 Å². The number of carbonyl (C=O) groups is 1. The van der Waals surface area contributed by atoms with E-state index < -0.39 is 23.2 Å². The maximum atomic E-state index is 13.1. The molecule has 0 saturated heterocycles. The van der Waals surface area contributed by atoms with E-state index in [4.69, 9.17) is 4.74 Å².